The number of ether oxygens (including phenoxy) is 1. The van der Waals surface area contributed by atoms with Crippen molar-refractivity contribution in [3.8, 4) is 0 Å². The van der Waals surface area contributed by atoms with E-state index in [-0.39, 0.29) is 12.5 Å². The van der Waals surface area contributed by atoms with Crippen molar-refractivity contribution in [2.75, 3.05) is 11.9 Å². The largest absolute Gasteiger partial charge is 0.451 e. The molecule has 0 fully saturated rings. The predicted molar refractivity (Wildman–Crippen MR) is 83.9 cm³/mol. The van der Waals surface area contributed by atoms with Gasteiger partial charge in [0.15, 0.2) is 6.61 Å². The summed E-state index contributed by atoms with van der Waals surface area (Å²) in [6, 6.07) is 9.34. The van der Waals surface area contributed by atoms with Gasteiger partial charge >= 0.3 is 5.97 Å². The fourth-order valence-corrected chi connectivity index (χ4v) is 2.56. The number of thiophene rings is 1. The minimum absolute atomic E-state index is 0.289. The van der Waals surface area contributed by atoms with Crippen molar-refractivity contribution >= 4 is 28.9 Å². The number of benzene rings is 1. The summed E-state index contributed by atoms with van der Waals surface area (Å²) >= 11 is 1.35. The van der Waals surface area contributed by atoms with Crippen molar-refractivity contribution in [1.82, 2.24) is 0 Å². The highest BCUT2D eigenvalue weighted by Crippen LogP contribution is 2.17. The Morgan fingerprint density at radius 2 is 1.90 bits per heavy atom. The topological polar surface area (TPSA) is 55.4 Å². The number of hydrogen-bond acceptors (Lipinski definition) is 4. The third-order valence-electron chi connectivity index (χ3n) is 2.94. The summed E-state index contributed by atoms with van der Waals surface area (Å²) in [4.78, 5) is 25.1. The van der Waals surface area contributed by atoms with Crippen LogP contribution in [0.1, 0.15) is 25.7 Å². The molecule has 2 aromatic rings. The Kier molecular flexibility index (Phi) is 4.75. The minimum Gasteiger partial charge on any atom is -0.451 e. The monoisotopic (exact) mass is 303 g/mol. The Balaban J connectivity index is 1.90. The molecule has 0 saturated carbocycles. The maximum absolute atomic E-state index is 11.8. The van der Waals surface area contributed by atoms with Crippen LogP contribution in [-0.4, -0.2) is 18.5 Å². The van der Waals surface area contributed by atoms with Crippen LogP contribution in [0.2, 0.25) is 0 Å². The zero-order chi connectivity index (χ0) is 15.4. The van der Waals surface area contributed by atoms with Gasteiger partial charge in [0.25, 0.3) is 5.91 Å². The molecule has 1 amide bonds. The first-order chi connectivity index (χ1) is 9.95. The highest BCUT2D eigenvalue weighted by Gasteiger charge is 2.12. The van der Waals surface area contributed by atoms with E-state index in [0.29, 0.717) is 4.88 Å². The molecular formula is C16H17NO3S. The van der Waals surface area contributed by atoms with Crippen molar-refractivity contribution in [3.05, 3.63) is 51.2 Å². The van der Waals surface area contributed by atoms with Gasteiger partial charge in [-0.3, -0.25) is 4.79 Å². The lowest BCUT2D eigenvalue weighted by Crippen LogP contribution is -2.21. The maximum atomic E-state index is 11.8. The van der Waals surface area contributed by atoms with Crippen LogP contribution in [0.5, 0.6) is 0 Å². The molecular weight excluding hydrogens is 286 g/mol. The summed E-state index contributed by atoms with van der Waals surface area (Å²) in [6.07, 6.45) is 0. The maximum Gasteiger partial charge on any atom is 0.348 e. The zero-order valence-electron chi connectivity index (χ0n) is 12.2. The zero-order valence-corrected chi connectivity index (χ0v) is 13.0. The molecule has 4 nitrogen and oxygen atoms in total. The SMILES string of the molecule is Cc1ccc(C)c(NC(=O)COC(=O)c2ccc(C)s2)c1. The number of anilines is 1. The minimum atomic E-state index is -0.468. The quantitative estimate of drug-likeness (QED) is 0.880. The van der Waals surface area contributed by atoms with Gasteiger partial charge < -0.3 is 10.1 Å². The molecule has 1 aromatic heterocycles. The van der Waals surface area contributed by atoms with Crippen LogP contribution in [0.25, 0.3) is 0 Å². The number of aryl methyl sites for hydroxylation is 3. The molecule has 1 aromatic carbocycles. The smallest absolute Gasteiger partial charge is 0.348 e. The Morgan fingerprint density at radius 3 is 2.57 bits per heavy atom. The van der Waals surface area contributed by atoms with Crippen molar-refractivity contribution in [2.45, 2.75) is 20.8 Å². The molecule has 1 heterocycles. The Bertz CT molecular complexity index is 676. The molecule has 0 saturated heterocycles. The van der Waals surface area contributed by atoms with Crippen LogP contribution < -0.4 is 5.32 Å². The van der Waals surface area contributed by atoms with E-state index in [2.05, 4.69) is 5.32 Å². The van der Waals surface area contributed by atoms with Gasteiger partial charge in [-0.2, -0.15) is 0 Å². The molecule has 0 aliphatic rings. The Labute approximate surface area is 127 Å². The molecule has 1 N–H and O–H groups in total. The predicted octanol–water partition coefficient (Wildman–Crippen LogP) is 3.47. The second-order valence-electron chi connectivity index (χ2n) is 4.85. The number of nitrogens with one attached hydrogen (secondary N) is 1. The lowest BCUT2D eigenvalue weighted by atomic mass is 10.1. The van der Waals surface area contributed by atoms with Crippen LogP contribution in [0.3, 0.4) is 0 Å². The van der Waals surface area contributed by atoms with Gasteiger partial charge in [-0.25, -0.2) is 4.79 Å². The number of hydrogen-bond donors (Lipinski definition) is 1. The summed E-state index contributed by atoms with van der Waals surface area (Å²) in [5, 5.41) is 2.75. The molecule has 21 heavy (non-hydrogen) atoms. The fourth-order valence-electron chi connectivity index (χ4n) is 1.80. The first kappa shape index (κ1) is 15.3. The van der Waals surface area contributed by atoms with Crippen molar-refractivity contribution in [1.29, 1.82) is 0 Å². The van der Waals surface area contributed by atoms with Crippen molar-refractivity contribution in [2.24, 2.45) is 0 Å². The second kappa shape index (κ2) is 6.54. The van der Waals surface area contributed by atoms with E-state index in [9.17, 15) is 9.59 Å². The lowest BCUT2D eigenvalue weighted by Gasteiger charge is -2.09. The lowest BCUT2D eigenvalue weighted by molar-refractivity contribution is -0.119. The van der Waals surface area contributed by atoms with Gasteiger partial charge in [-0.05, 0) is 50.1 Å². The van der Waals surface area contributed by atoms with Crippen LogP contribution in [0, 0.1) is 20.8 Å². The second-order valence-corrected chi connectivity index (χ2v) is 6.14. The third kappa shape index (κ3) is 4.16. The average Bonchev–Trinajstić information content (AvgIpc) is 2.87. The molecule has 0 aliphatic carbocycles. The molecule has 0 bridgehead atoms. The van der Waals surface area contributed by atoms with Crippen molar-refractivity contribution in [3.63, 3.8) is 0 Å². The fraction of sp³-hybridized carbons (Fsp3) is 0.250. The van der Waals surface area contributed by atoms with Gasteiger partial charge in [0, 0.05) is 10.6 Å². The van der Waals surface area contributed by atoms with Gasteiger partial charge in [-0.15, -0.1) is 11.3 Å². The van der Waals surface area contributed by atoms with E-state index in [1.165, 1.54) is 11.3 Å². The van der Waals surface area contributed by atoms with Crippen LogP contribution in [-0.2, 0) is 9.53 Å². The van der Waals surface area contributed by atoms with Gasteiger partial charge in [-0.1, -0.05) is 12.1 Å². The Morgan fingerprint density at radius 1 is 1.14 bits per heavy atom. The van der Waals surface area contributed by atoms with Gasteiger partial charge in [0.1, 0.15) is 4.88 Å². The van der Waals surface area contributed by atoms with E-state index in [1.807, 2.05) is 45.0 Å². The molecule has 0 aliphatic heterocycles. The van der Waals surface area contributed by atoms with E-state index < -0.39 is 5.97 Å². The van der Waals surface area contributed by atoms with Crippen LogP contribution in [0.4, 0.5) is 5.69 Å². The van der Waals surface area contributed by atoms with Crippen LogP contribution in [0.15, 0.2) is 30.3 Å². The normalized spacial score (nSPS) is 10.2. The van der Waals surface area contributed by atoms with E-state index in [0.717, 1.165) is 21.7 Å². The molecule has 0 atom stereocenters. The van der Waals surface area contributed by atoms with Gasteiger partial charge in [0.05, 0.1) is 0 Å². The number of amides is 1. The highest BCUT2D eigenvalue weighted by molar-refractivity contribution is 7.13. The van der Waals surface area contributed by atoms with Gasteiger partial charge in [0.2, 0.25) is 0 Å². The first-order valence-electron chi connectivity index (χ1n) is 6.56. The summed E-state index contributed by atoms with van der Waals surface area (Å²) in [5.74, 6) is -0.811. The molecule has 2 rings (SSSR count). The molecule has 0 unspecified atom stereocenters. The summed E-state index contributed by atoms with van der Waals surface area (Å²) in [7, 11) is 0. The number of carbonyl (C=O) groups is 2. The summed E-state index contributed by atoms with van der Waals surface area (Å²) < 4.78 is 5.00. The number of carbonyl (C=O) groups excluding carboxylic acids is 2. The molecule has 110 valence electrons. The summed E-state index contributed by atoms with van der Waals surface area (Å²) in [5.41, 5.74) is 2.76. The average molecular weight is 303 g/mol. The van der Waals surface area contributed by atoms with Crippen molar-refractivity contribution < 1.29 is 14.3 Å². The van der Waals surface area contributed by atoms with E-state index >= 15 is 0 Å². The number of rotatable bonds is 4. The molecule has 0 radical (unpaired) electrons. The number of esters is 1. The van der Waals surface area contributed by atoms with E-state index in [4.69, 9.17) is 4.74 Å². The molecule has 5 heteroatoms. The van der Waals surface area contributed by atoms with E-state index in [1.54, 1.807) is 6.07 Å². The Hall–Kier alpha value is -2.14. The summed E-state index contributed by atoms with van der Waals surface area (Å²) in [6.45, 7) is 5.49. The third-order valence-corrected chi connectivity index (χ3v) is 3.92. The first-order valence-corrected chi connectivity index (χ1v) is 7.38. The van der Waals surface area contributed by atoms with Crippen LogP contribution >= 0.6 is 11.3 Å². The molecule has 0 spiro atoms. The standard InChI is InChI=1S/C16H17NO3S/c1-10-4-5-11(2)13(8-10)17-15(18)9-20-16(19)14-7-6-12(3)21-14/h4-8H,9H2,1-3H3,(H,17,18). The highest BCUT2D eigenvalue weighted by atomic mass is 32.1.